The molecule has 0 fully saturated rings. The van der Waals surface area contributed by atoms with Gasteiger partial charge < -0.3 is 10.6 Å². The van der Waals surface area contributed by atoms with Gasteiger partial charge in [0.25, 0.3) is 0 Å². The fraction of sp³-hybridized carbons (Fsp3) is 0.909. The van der Waals surface area contributed by atoms with E-state index in [1.54, 1.807) is 0 Å². The van der Waals surface area contributed by atoms with Crippen LogP contribution in [0.4, 0.5) is 0 Å². The predicted molar refractivity (Wildman–Crippen MR) is 60.2 cm³/mol. The summed E-state index contributed by atoms with van der Waals surface area (Å²) in [5, 5.41) is 6.15. The minimum absolute atomic E-state index is 0.152. The van der Waals surface area contributed by atoms with Gasteiger partial charge in [-0.05, 0) is 19.4 Å². The molecule has 0 bridgehead atoms. The maximum absolute atomic E-state index is 11.4. The zero-order valence-electron chi connectivity index (χ0n) is 9.89. The van der Waals surface area contributed by atoms with Crippen LogP contribution in [-0.4, -0.2) is 25.0 Å². The fourth-order valence-corrected chi connectivity index (χ4v) is 1.20. The molecule has 0 aliphatic rings. The second kappa shape index (κ2) is 7.80. The largest absolute Gasteiger partial charge is 0.353 e. The third-order valence-electron chi connectivity index (χ3n) is 2.67. The van der Waals surface area contributed by atoms with Gasteiger partial charge in [-0.15, -0.1) is 0 Å². The van der Waals surface area contributed by atoms with Crippen molar-refractivity contribution in [1.29, 1.82) is 0 Å². The zero-order valence-corrected chi connectivity index (χ0v) is 9.89. The minimum atomic E-state index is 0.152. The van der Waals surface area contributed by atoms with Crippen molar-refractivity contribution in [3.63, 3.8) is 0 Å². The van der Waals surface area contributed by atoms with E-state index in [2.05, 4.69) is 31.4 Å². The van der Waals surface area contributed by atoms with E-state index in [9.17, 15) is 4.79 Å². The molecular weight excluding hydrogens is 176 g/mol. The minimum Gasteiger partial charge on any atom is -0.353 e. The van der Waals surface area contributed by atoms with Gasteiger partial charge in [0.1, 0.15) is 0 Å². The molecule has 0 aromatic carbocycles. The first kappa shape index (κ1) is 13.4. The summed E-state index contributed by atoms with van der Waals surface area (Å²) in [5.41, 5.74) is 0. The van der Waals surface area contributed by atoms with E-state index in [0.29, 0.717) is 12.3 Å². The van der Waals surface area contributed by atoms with Gasteiger partial charge in [0.15, 0.2) is 0 Å². The highest BCUT2D eigenvalue weighted by Gasteiger charge is 2.12. The van der Waals surface area contributed by atoms with E-state index in [1.165, 1.54) is 0 Å². The van der Waals surface area contributed by atoms with Crippen LogP contribution in [0.3, 0.4) is 0 Å². The summed E-state index contributed by atoms with van der Waals surface area (Å²) in [6.07, 6.45) is 1.68. The number of amides is 1. The lowest BCUT2D eigenvalue weighted by molar-refractivity contribution is -0.121. The average molecular weight is 200 g/mol. The van der Waals surface area contributed by atoms with Gasteiger partial charge in [-0.1, -0.05) is 27.2 Å². The monoisotopic (exact) mass is 200 g/mol. The number of carbonyl (C=O) groups excluding carboxylic acids is 1. The van der Waals surface area contributed by atoms with Crippen molar-refractivity contribution in [3.05, 3.63) is 0 Å². The molecule has 2 N–H and O–H groups in total. The zero-order chi connectivity index (χ0) is 11.0. The van der Waals surface area contributed by atoms with Crippen LogP contribution in [0, 0.1) is 5.92 Å². The van der Waals surface area contributed by atoms with Crippen LogP contribution in [-0.2, 0) is 4.79 Å². The number of carbonyl (C=O) groups is 1. The average Bonchev–Trinajstić information content (AvgIpc) is 2.16. The highest BCUT2D eigenvalue weighted by atomic mass is 16.1. The van der Waals surface area contributed by atoms with Crippen molar-refractivity contribution in [2.24, 2.45) is 5.92 Å². The second-order valence-electron chi connectivity index (χ2n) is 3.85. The van der Waals surface area contributed by atoms with Gasteiger partial charge >= 0.3 is 0 Å². The Morgan fingerprint density at radius 2 is 1.93 bits per heavy atom. The number of hydrogen-bond donors (Lipinski definition) is 2. The third kappa shape index (κ3) is 5.97. The summed E-state index contributed by atoms with van der Waals surface area (Å²) in [6.45, 7) is 10.1. The lowest BCUT2D eigenvalue weighted by atomic mass is 10.0. The van der Waals surface area contributed by atoms with E-state index < -0.39 is 0 Å². The molecule has 84 valence electrons. The molecule has 3 nitrogen and oxygen atoms in total. The molecule has 0 spiro atoms. The Balaban J connectivity index is 3.60. The van der Waals surface area contributed by atoms with Crippen LogP contribution in [0.2, 0.25) is 0 Å². The van der Waals surface area contributed by atoms with Crippen LogP contribution in [0.1, 0.15) is 40.5 Å². The lowest BCUT2D eigenvalue weighted by Gasteiger charge is -2.19. The van der Waals surface area contributed by atoms with Crippen LogP contribution >= 0.6 is 0 Å². The smallest absolute Gasteiger partial charge is 0.221 e. The first-order valence-corrected chi connectivity index (χ1v) is 5.61. The van der Waals surface area contributed by atoms with Gasteiger partial charge in [-0.25, -0.2) is 0 Å². The van der Waals surface area contributed by atoms with Crippen molar-refractivity contribution in [3.8, 4) is 0 Å². The fourth-order valence-electron chi connectivity index (χ4n) is 1.20. The summed E-state index contributed by atoms with van der Waals surface area (Å²) < 4.78 is 0. The SMILES string of the molecule is CCNCCC(=O)NC(C)C(C)CC. The van der Waals surface area contributed by atoms with Crippen molar-refractivity contribution in [2.75, 3.05) is 13.1 Å². The number of rotatable bonds is 7. The van der Waals surface area contributed by atoms with Gasteiger partial charge in [-0.3, -0.25) is 4.79 Å². The normalized spacial score (nSPS) is 14.9. The van der Waals surface area contributed by atoms with Gasteiger partial charge in [0.05, 0.1) is 0 Å². The first-order chi connectivity index (χ1) is 6.61. The Kier molecular flexibility index (Phi) is 7.48. The van der Waals surface area contributed by atoms with Gasteiger partial charge in [-0.2, -0.15) is 0 Å². The summed E-state index contributed by atoms with van der Waals surface area (Å²) in [7, 11) is 0. The molecule has 0 aliphatic carbocycles. The standard InChI is InChI=1S/C11H24N2O/c1-5-9(3)10(4)13-11(14)7-8-12-6-2/h9-10,12H,5-8H2,1-4H3,(H,13,14). The summed E-state index contributed by atoms with van der Waals surface area (Å²) in [4.78, 5) is 11.4. The van der Waals surface area contributed by atoms with E-state index in [0.717, 1.165) is 19.5 Å². The maximum Gasteiger partial charge on any atom is 0.221 e. The van der Waals surface area contributed by atoms with Crippen LogP contribution < -0.4 is 10.6 Å². The molecule has 3 heteroatoms. The van der Waals surface area contributed by atoms with Crippen molar-refractivity contribution < 1.29 is 4.79 Å². The molecule has 14 heavy (non-hydrogen) atoms. The molecule has 2 atom stereocenters. The molecule has 1 amide bonds. The molecule has 0 heterocycles. The van der Waals surface area contributed by atoms with Crippen molar-refractivity contribution >= 4 is 5.91 Å². The Labute approximate surface area is 87.6 Å². The van der Waals surface area contributed by atoms with Gasteiger partial charge in [0.2, 0.25) is 5.91 Å². The predicted octanol–water partition coefficient (Wildman–Crippen LogP) is 1.54. The molecule has 0 aromatic heterocycles. The van der Waals surface area contributed by atoms with Crippen molar-refractivity contribution in [1.82, 2.24) is 10.6 Å². The third-order valence-corrected chi connectivity index (χ3v) is 2.67. The molecule has 0 aromatic rings. The van der Waals surface area contributed by atoms with Gasteiger partial charge in [0, 0.05) is 19.0 Å². The Morgan fingerprint density at radius 3 is 2.43 bits per heavy atom. The van der Waals surface area contributed by atoms with Crippen LogP contribution in [0.15, 0.2) is 0 Å². The Morgan fingerprint density at radius 1 is 1.29 bits per heavy atom. The van der Waals surface area contributed by atoms with Crippen LogP contribution in [0.5, 0.6) is 0 Å². The quantitative estimate of drug-likeness (QED) is 0.612. The highest BCUT2D eigenvalue weighted by molar-refractivity contribution is 5.76. The molecule has 2 unspecified atom stereocenters. The lowest BCUT2D eigenvalue weighted by Crippen LogP contribution is -2.38. The molecule has 0 saturated heterocycles. The topological polar surface area (TPSA) is 41.1 Å². The number of hydrogen-bond acceptors (Lipinski definition) is 2. The summed E-state index contributed by atoms with van der Waals surface area (Å²) >= 11 is 0. The second-order valence-corrected chi connectivity index (χ2v) is 3.85. The molecule has 0 rings (SSSR count). The molecule has 0 radical (unpaired) electrons. The van der Waals surface area contributed by atoms with E-state index >= 15 is 0 Å². The van der Waals surface area contributed by atoms with Crippen molar-refractivity contribution in [2.45, 2.75) is 46.6 Å². The first-order valence-electron chi connectivity index (χ1n) is 5.61. The summed E-state index contributed by atoms with van der Waals surface area (Å²) in [6, 6.07) is 0.286. The Hall–Kier alpha value is -0.570. The molecule has 0 saturated carbocycles. The Bertz CT molecular complexity index is 159. The molecular formula is C11H24N2O. The maximum atomic E-state index is 11.4. The molecule has 0 aliphatic heterocycles. The summed E-state index contributed by atoms with van der Waals surface area (Å²) in [5.74, 6) is 0.705. The van der Waals surface area contributed by atoms with E-state index in [4.69, 9.17) is 0 Å². The highest BCUT2D eigenvalue weighted by Crippen LogP contribution is 2.06. The number of nitrogens with one attached hydrogen (secondary N) is 2. The van der Waals surface area contributed by atoms with Crippen LogP contribution in [0.25, 0.3) is 0 Å². The van der Waals surface area contributed by atoms with E-state index in [1.807, 2.05) is 6.92 Å². The van der Waals surface area contributed by atoms with E-state index in [-0.39, 0.29) is 11.9 Å².